The normalized spacial score (nSPS) is 13.0. The van der Waals surface area contributed by atoms with Crippen LogP contribution in [0, 0.1) is 0 Å². The van der Waals surface area contributed by atoms with E-state index < -0.39 is 29.2 Å². The van der Waals surface area contributed by atoms with Crippen LogP contribution in [0.3, 0.4) is 0 Å². The zero-order chi connectivity index (χ0) is 25.9. The van der Waals surface area contributed by atoms with Gasteiger partial charge in [-0.2, -0.15) is 8.42 Å². The lowest BCUT2D eigenvalue weighted by atomic mass is 10.4. The lowest BCUT2D eigenvalue weighted by Crippen LogP contribution is -2.46. The Morgan fingerprint density at radius 1 is 0.611 bits per heavy atom. The Bertz CT molecular complexity index is 1030. The van der Waals surface area contributed by atoms with Gasteiger partial charge in [-0.25, -0.2) is 3.63 Å². The Hall–Kier alpha value is -1.98. The van der Waals surface area contributed by atoms with Crippen molar-refractivity contribution < 1.29 is 25.3 Å². The van der Waals surface area contributed by atoms with Gasteiger partial charge in [-0.1, -0.05) is 54.6 Å². The van der Waals surface area contributed by atoms with Gasteiger partial charge in [-0.15, -0.1) is 0 Å². The van der Waals surface area contributed by atoms with Gasteiger partial charge in [0.05, 0.1) is 5.75 Å². The van der Waals surface area contributed by atoms with Crippen LogP contribution in [0.4, 0.5) is 0 Å². The Labute approximate surface area is 218 Å². The molecule has 0 fully saturated rings. The maximum Gasteiger partial charge on any atom is 0.500 e. The molecule has 6 nitrogen and oxygen atoms in total. The fourth-order valence-electron chi connectivity index (χ4n) is 4.02. The molecule has 0 saturated heterocycles. The second-order valence-corrected chi connectivity index (χ2v) is 15.2. The molecule has 0 unspecified atom stereocenters. The molecule has 0 amide bonds. The fraction of sp³-hybridized carbons (Fsp3) is 0.333. The zero-order valence-electron chi connectivity index (χ0n) is 21.2. The first-order valence-electron chi connectivity index (χ1n) is 12.3. The first-order chi connectivity index (χ1) is 17.4. The summed E-state index contributed by atoms with van der Waals surface area (Å²) in [5, 5.41) is 0. The van der Waals surface area contributed by atoms with Crippen LogP contribution in [0.2, 0.25) is 6.04 Å². The van der Waals surface area contributed by atoms with Crippen molar-refractivity contribution in [2.75, 3.05) is 25.6 Å². The van der Waals surface area contributed by atoms with Crippen molar-refractivity contribution in [1.82, 2.24) is 0 Å². The van der Waals surface area contributed by atoms with E-state index in [0.717, 1.165) is 14.7 Å². The van der Waals surface area contributed by atoms with Crippen molar-refractivity contribution in [3.05, 3.63) is 91.0 Å². The molecule has 9 heteroatoms. The van der Waals surface area contributed by atoms with Gasteiger partial charge in [-0.05, 0) is 73.9 Å². The van der Waals surface area contributed by atoms with E-state index in [0.29, 0.717) is 32.3 Å². The third kappa shape index (κ3) is 7.07. The monoisotopic (exact) mass is 548 g/mol. The molecule has 0 aliphatic rings. The molecule has 36 heavy (non-hydrogen) atoms. The topological polar surface area (TPSA) is 71.1 Å². The predicted octanol–water partition coefficient (Wildman–Crippen LogP) is 6.67. The molecular weight excluding hydrogens is 513 g/mol. The van der Waals surface area contributed by atoms with Crippen LogP contribution in [0.25, 0.3) is 0 Å². The summed E-state index contributed by atoms with van der Waals surface area (Å²) in [7, 11) is -9.47. The molecule has 0 bridgehead atoms. The largest absolute Gasteiger partial charge is 0.500 e. The summed E-state index contributed by atoms with van der Waals surface area (Å²) >= 11 is 0. The molecule has 0 saturated carbocycles. The van der Waals surface area contributed by atoms with Crippen LogP contribution in [-0.2, 0) is 27.0 Å². The molecule has 0 atom stereocenters. The highest BCUT2D eigenvalue weighted by molar-refractivity contribution is 8.33. The smallest absolute Gasteiger partial charge is 0.374 e. The average Bonchev–Trinajstić information content (AvgIpc) is 2.89. The highest BCUT2D eigenvalue weighted by Crippen LogP contribution is 2.69. The summed E-state index contributed by atoms with van der Waals surface area (Å²) in [6.45, 7) is 6.99. The molecular formula is C27H36O6S2Si. The number of hydrogen-bond donors (Lipinski definition) is 0. The van der Waals surface area contributed by atoms with Crippen LogP contribution >= 0.6 is 10.3 Å². The third-order valence-corrected chi connectivity index (χ3v) is 13.8. The predicted molar refractivity (Wildman–Crippen MR) is 147 cm³/mol. The SMILES string of the molecule is CCO[Si](CCCS(=O)(=O)OS(c1ccccc1)(c1ccccc1)c1ccccc1)(OCC)OCC. The summed E-state index contributed by atoms with van der Waals surface area (Å²) in [5.74, 6) is -0.170. The summed E-state index contributed by atoms with van der Waals surface area (Å²) in [6.07, 6.45) is 0.308. The van der Waals surface area contributed by atoms with E-state index in [1.165, 1.54) is 0 Å². The Morgan fingerprint density at radius 3 is 1.31 bits per heavy atom. The van der Waals surface area contributed by atoms with Crippen molar-refractivity contribution in [3.8, 4) is 0 Å². The lowest BCUT2D eigenvalue weighted by molar-refractivity contribution is 0.0712. The first-order valence-corrected chi connectivity index (χ1v) is 17.3. The van der Waals surface area contributed by atoms with Crippen molar-refractivity contribution in [2.45, 2.75) is 47.9 Å². The molecule has 0 radical (unpaired) electrons. The minimum Gasteiger partial charge on any atom is -0.374 e. The Kier molecular flexibility index (Phi) is 10.7. The Balaban J connectivity index is 1.98. The van der Waals surface area contributed by atoms with E-state index in [2.05, 4.69) is 0 Å². The second kappa shape index (κ2) is 13.5. The molecule has 0 aliphatic heterocycles. The van der Waals surface area contributed by atoms with Crippen LogP contribution in [0.15, 0.2) is 106 Å². The Morgan fingerprint density at radius 2 is 0.972 bits per heavy atom. The molecule has 0 aliphatic carbocycles. The van der Waals surface area contributed by atoms with Gasteiger partial charge in [0, 0.05) is 40.6 Å². The molecule has 196 valence electrons. The van der Waals surface area contributed by atoms with Crippen LogP contribution < -0.4 is 0 Å². The van der Waals surface area contributed by atoms with Gasteiger partial charge >= 0.3 is 8.80 Å². The maximum atomic E-state index is 13.6. The van der Waals surface area contributed by atoms with Gasteiger partial charge in [0.1, 0.15) is 0 Å². The minimum atomic E-state index is -3.96. The second-order valence-electron chi connectivity index (χ2n) is 7.91. The van der Waals surface area contributed by atoms with E-state index in [1.807, 2.05) is 112 Å². The van der Waals surface area contributed by atoms with E-state index in [4.69, 9.17) is 16.9 Å². The summed E-state index contributed by atoms with van der Waals surface area (Å²) < 4.78 is 51.3. The van der Waals surface area contributed by atoms with Gasteiger partial charge in [0.25, 0.3) is 10.1 Å². The number of rotatable bonds is 15. The first kappa shape index (κ1) is 28.6. The van der Waals surface area contributed by atoms with Gasteiger partial charge in [0.2, 0.25) is 0 Å². The van der Waals surface area contributed by atoms with Gasteiger partial charge < -0.3 is 13.3 Å². The van der Waals surface area contributed by atoms with E-state index in [1.54, 1.807) is 0 Å². The molecule has 0 spiro atoms. The van der Waals surface area contributed by atoms with Crippen molar-refractivity contribution in [3.63, 3.8) is 0 Å². The standard InChI is InChI=1S/C27H36O6S2Si/c1-4-30-36(31-5-2,32-6-3)24-16-23-34(28,29)33-35(25-17-10-7-11-18-25,26-19-12-8-13-20-26)27-21-14-9-15-22-27/h7-15,17-22H,4-6,16,23-24H2,1-3H3. The third-order valence-electron chi connectivity index (χ3n) is 5.40. The van der Waals surface area contributed by atoms with Crippen molar-refractivity contribution in [2.24, 2.45) is 0 Å². The maximum absolute atomic E-state index is 13.6. The lowest BCUT2D eigenvalue weighted by Gasteiger charge is -2.39. The average molecular weight is 549 g/mol. The number of benzene rings is 3. The van der Waals surface area contributed by atoms with E-state index in [-0.39, 0.29) is 5.75 Å². The van der Waals surface area contributed by atoms with Crippen LogP contribution in [0.1, 0.15) is 27.2 Å². The van der Waals surface area contributed by atoms with Gasteiger partial charge in [-0.3, -0.25) is 0 Å². The minimum absolute atomic E-state index is 0.170. The molecule has 3 aromatic rings. The molecule has 0 heterocycles. The molecule has 3 aromatic carbocycles. The molecule has 0 aromatic heterocycles. The van der Waals surface area contributed by atoms with Crippen LogP contribution in [0.5, 0.6) is 0 Å². The summed E-state index contributed by atoms with van der Waals surface area (Å²) in [4.78, 5) is 2.44. The van der Waals surface area contributed by atoms with Crippen molar-refractivity contribution >= 4 is 29.2 Å². The van der Waals surface area contributed by atoms with E-state index in [9.17, 15) is 8.42 Å². The summed E-state index contributed by atoms with van der Waals surface area (Å²) in [5.41, 5.74) is 0. The molecule has 0 N–H and O–H groups in total. The zero-order valence-corrected chi connectivity index (χ0v) is 23.8. The van der Waals surface area contributed by atoms with Crippen LogP contribution in [-0.4, -0.2) is 42.8 Å². The summed E-state index contributed by atoms with van der Waals surface area (Å²) in [6, 6.07) is 29.2. The van der Waals surface area contributed by atoms with Gasteiger partial charge in [0.15, 0.2) is 0 Å². The van der Waals surface area contributed by atoms with E-state index >= 15 is 0 Å². The highest BCUT2D eigenvalue weighted by Gasteiger charge is 2.41. The molecule has 3 rings (SSSR count). The quantitative estimate of drug-likeness (QED) is 0.198. The number of hydrogen-bond acceptors (Lipinski definition) is 6. The fourth-order valence-corrected chi connectivity index (χ4v) is 12.3. The van der Waals surface area contributed by atoms with Crippen molar-refractivity contribution in [1.29, 1.82) is 0 Å². The highest BCUT2D eigenvalue weighted by atomic mass is 32.3.